The molecule has 0 spiro atoms. The van der Waals surface area contributed by atoms with Gasteiger partial charge in [0.15, 0.2) is 17.3 Å². The summed E-state index contributed by atoms with van der Waals surface area (Å²) in [6.07, 6.45) is 0. The molecular weight excluding hydrogens is 384 g/mol. The van der Waals surface area contributed by atoms with E-state index in [9.17, 15) is 0 Å². The second-order valence-electron chi connectivity index (χ2n) is 7.15. The Hall–Kier alpha value is -3.31. The van der Waals surface area contributed by atoms with Gasteiger partial charge in [0.2, 0.25) is 0 Å². The second-order valence-corrected chi connectivity index (χ2v) is 7.59. The van der Waals surface area contributed by atoms with Crippen LogP contribution in [0.25, 0.3) is 22.8 Å². The van der Waals surface area contributed by atoms with Crippen LogP contribution in [0.2, 0.25) is 5.02 Å². The van der Waals surface area contributed by atoms with Crippen molar-refractivity contribution >= 4 is 17.3 Å². The zero-order chi connectivity index (χ0) is 20.0. The first-order chi connectivity index (χ1) is 14.1. The number of ether oxygens (including phenoxy) is 1. The van der Waals surface area contributed by atoms with E-state index >= 15 is 0 Å². The average Bonchev–Trinajstić information content (AvgIpc) is 3.21. The van der Waals surface area contributed by atoms with Gasteiger partial charge in [0.25, 0.3) is 0 Å². The molecular formula is C23H19ClN4O. The fourth-order valence-electron chi connectivity index (χ4n) is 3.73. The number of fused-ring (bicyclic) bond motifs is 3. The molecule has 5 rings (SSSR count). The van der Waals surface area contributed by atoms with Crippen molar-refractivity contribution in [1.82, 2.24) is 14.8 Å². The third-order valence-corrected chi connectivity index (χ3v) is 5.58. The molecule has 144 valence electrons. The molecule has 0 saturated heterocycles. The molecule has 5 nitrogen and oxygen atoms in total. The topological polar surface area (TPSA) is 52.0 Å². The molecule has 1 N–H and O–H groups in total. The van der Waals surface area contributed by atoms with E-state index in [4.69, 9.17) is 26.4 Å². The first kappa shape index (κ1) is 17.8. The molecule has 1 aromatic heterocycles. The van der Waals surface area contributed by atoms with Gasteiger partial charge in [-0.25, -0.2) is 9.67 Å². The zero-order valence-electron chi connectivity index (χ0n) is 16.1. The fraction of sp³-hybridized carbons (Fsp3) is 0.130. The van der Waals surface area contributed by atoms with Gasteiger partial charge in [-0.3, -0.25) is 0 Å². The van der Waals surface area contributed by atoms with Gasteiger partial charge in [0.1, 0.15) is 5.75 Å². The number of benzene rings is 3. The van der Waals surface area contributed by atoms with E-state index in [2.05, 4.69) is 24.4 Å². The number of para-hydroxylation sites is 1. The highest BCUT2D eigenvalue weighted by atomic mass is 35.5. The van der Waals surface area contributed by atoms with Crippen LogP contribution in [0, 0.1) is 0 Å². The molecule has 0 radical (unpaired) electrons. The standard InChI is InChI=1S/C23H19ClN4O/c1-23(16-9-11-17(24)12-10-16)26-20-6-4-3-5-19(20)22-25-21(27-28(22)23)15-7-13-18(29-2)14-8-15/h3-14,26H,1-2H3. The quantitative estimate of drug-likeness (QED) is 0.497. The Balaban J connectivity index is 1.70. The highest BCUT2D eigenvalue weighted by molar-refractivity contribution is 6.30. The van der Waals surface area contributed by atoms with E-state index in [1.165, 1.54) is 0 Å². The van der Waals surface area contributed by atoms with Crippen LogP contribution in [0.1, 0.15) is 12.5 Å². The molecule has 0 aliphatic carbocycles. The van der Waals surface area contributed by atoms with Crippen LogP contribution in [0.3, 0.4) is 0 Å². The lowest BCUT2D eigenvalue weighted by Gasteiger charge is -2.37. The number of hydrogen-bond donors (Lipinski definition) is 1. The van der Waals surface area contributed by atoms with Crippen molar-refractivity contribution in [3.05, 3.63) is 83.4 Å². The van der Waals surface area contributed by atoms with Gasteiger partial charge in [-0.1, -0.05) is 35.9 Å². The monoisotopic (exact) mass is 402 g/mol. The van der Waals surface area contributed by atoms with Crippen molar-refractivity contribution in [3.8, 4) is 28.5 Å². The van der Waals surface area contributed by atoms with Crippen LogP contribution in [-0.2, 0) is 5.66 Å². The lowest BCUT2D eigenvalue weighted by molar-refractivity contribution is 0.404. The van der Waals surface area contributed by atoms with E-state index in [0.29, 0.717) is 10.8 Å². The number of rotatable bonds is 3. The predicted octanol–water partition coefficient (Wildman–Crippen LogP) is 5.42. The number of anilines is 1. The molecule has 29 heavy (non-hydrogen) atoms. The molecule has 0 amide bonds. The minimum absolute atomic E-state index is 0.605. The number of nitrogens with zero attached hydrogens (tertiary/aromatic N) is 3. The zero-order valence-corrected chi connectivity index (χ0v) is 16.8. The van der Waals surface area contributed by atoms with E-state index in [-0.39, 0.29) is 0 Å². The first-order valence-corrected chi connectivity index (χ1v) is 9.72. The maximum atomic E-state index is 6.12. The van der Waals surface area contributed by atoms with E-state index in [0.717, 1.165) is 34.0 Å². The van der Waals surface area contributed by atoms with Gasteiger partial charge in [-0.15, -0.1) is 5.10 Å². The van der Waals surface area contributed by atoms with Gasteiger partial charge in [-0.2, -0.15) is 0 Å². The number of hydrogen-bond acceptors (Lipinski definition) is 4. The molecule has 6 heteroatoms. The van der Waals surface area contributed by atoms with Crippen LogP contribution >= 0.6 is 11.6 Å². The van der Waals surface area contributed by atoms with Crippen molar-refractivity contribution in [3.63, 3.8) is 0 Å². The summed E-state index contributed by atoms with van der Waals surface area (Å²) in [6.45, 7) is 2.10. The Bertz CT molecular complexity index is 1180. The molecule has 3 aromatic carbocycles. The van der Waals surface area contributed by atoms with Crippen LogP contribution in [0.4, 0.5) is 5.69 Å². The fourth-order valence-corrected chi connectivity index (χ4v) is 3.86. The van der Waals surface area contributed by atoms with Crippen LogP contribution in [0.15, 0.2) is 72.8 Å². The normalized spacial score (nSPS) is 17.2. The molecule has 1 aliphatic heterocycles. The molecule has 0 saturated carbocycles. The highest BCUT2D eigenvalue weighted by Crippen LogP contribution is 2.41. The summed E-state index contributed by atoms with van der Waals surface area (Å²) < 4.78 is 7.22. The lowest BCUT2D eigenvalue weighted by atomic mass is 9.97. The largest absolute Gasteiger partial charge is 0.497 e. The Labute approximate surface area is 173 Å². The van der Waals surface area contributed by atoms with E-state index < -0.39 is 5.66 Å². The third kappa shape index (κ3) is 2.86. The van der Waals surface area contributed by atoms with Crippen molar-refractivity contribution in [2.75, 3.05) is 12.4 Å². The van der Waals surface area contributed by atoms with Crippen molar-refractivity contribution in [1.29, 1.82) is 0 Å². The smallest absolute Gasteiger partial charge is 0.181 e. The van der Waals surface area contributed by atoms with Crippen molar-refractivity contribution < 1.29 is 4.74 Å². The number of methoxy groups -OCH3 is 1. The molecule has 0 bridgehead atoms. The summed E-state index contributed by atoms with van der Waals surface area (Å²) in [5.74, 6) is 2.29. The number of aromatic nitrogens is 3. The van der Waals surface area contributed by atoms with Crippen LogP contribution in [0.5, 0.6) is 5.75 Å². The van der Waals surface area contributed by atoms with Gasteiger partial charge in [-0.05, 0) is 61.0 Å². The molecule has 1 atom stereocenters. The number of nitrogens with one attached hydrogen (secondary N) is 1. The van der Waals surface area contributed by atoms with E-state index in [1.54, 1.807) is 7.11 Å². The summed E-state index contributed by atoms with van der Waals surface area (Å²) >= 11 is 6.12. The summed E-state index contributed by atoms with van der Waals surface area (Å²) in [5, 5.41) is 9.24. The summed E-state index contributed by atoms with van der Waals surface area (Å²) in [4.78, 5) is 4.90. The Kier molecular flexibility index (Phi) is 4.07. The number of halogens is 1. The highest BCUT2D eigenvalue weighted by Gasteiger charge is 2.38. The molecule has 2 heterocycles. The molecule has 4 aromatic rings. The summed E-state index contributed by atoms with van der Waals surface area (Å²) in [6, 6.07) is 23.7. The SMILES string of the molecule is COc1ccc(-c2nc3n(n2)C(C)(c2ccc(Cl)cc2)Nc2ccccc2-3)cc1. The van der Waals surface area contributed by atoms with Crippen LogP contribution < -0.4 is 10.1 Å². The molecule has 1 unspecified atom stereocenters. The van der Waals surface area contributed by atoms with Crippen LogP contribution in [-0.4, -0.2) is 21.9 Å². The molecule has 1 aliphatic rings. The molecule has 0 fully saturated rings. The minimum atomic E-state index is -0.605. The van der Waals surface area contributed by atoms with E-state index in [1.807, 2.05) is 65.3 Å². The van der Waals surface area contributed by atoms with Gasteiger partial charge >= 0.3 is 0 Å². The summed E-state index contributed by atoms with van der Waals surface area (Å²) in [7, 11) is 1.66. The Morgan fingerprint density at radius 3 is 2.41 bits per heavy atom. The maximum absolute atomic E-state index is 6.12. The van der Waals surface area contributed by atoms with Crippen molar-refractivity contribution in [2.45, 2.75) is 12.6 Å². The average molecular weight is 403 g/mol. The van der Waals surface area contributed by atoms with Gasteiger partial charge in [0.05, 0.1) is 7.11 Å². The third-order valence-electron chi connectivity index (χ3n) is 5.33. The maximum Gasteiger partial charge on any atom is 0.181 e. The first-order valence-electron chi connectivity index (χ1n) is 9.34. The second kappa shape index (κ2) is 6.64. The summed E-state index contributed by atoms with van der Waals surface area (Å²) in [5.41, 5.74) is 3.41. The predicted molar refractivity (Wildman–Crippen MR) is 115 cm³/mol. The lowest BCUT2D eigenvalue weighted by Crippen LogP contribution is -2.43. The van der Waals surface area contributed by atoms with Crippen molar-refractivity contribution in [2.24, 2.45) is 0 Å². The van der Waals surface area contributed by atoms with Gasteiger partial charge < -0.3 is 10.1 Å². The minimum Gasteiger partial charge on any atom is -0.497 e. The Morgan fingerprint density at radius 2 is 1.69 bits per heavy atom. The Morgan fingerprint density at radius 1 is 0.966 bits per heavy atom. The van der Waals surface area contributed by atoms with Gasteiger partial charge in [0, 0.05) is 21.8 Å².